The fourth-order valence-electron chi connectivity index (χ4n) is 2.37. The van der Waals surface area contributed by atoms with E-state index < -0.39 is 0 Å². The van der Waals surface area contributed by atoms with Crippen LogP contribution in [0.5, 0.6) is 5.75 Å². The Bertz CT molecular complexity index is 976. The fraction of sp³-hybridized carbons (Fsp3) is 0.0476. The molecule has 0 atom stereocenters. The minimum absolute atomic E-state index is 0.354. The van der Waals surface area contributed by atoms with Crippen molar-refractivity contribution in [1.82, 2.24) is 5.43 Å². The Hall–Kier alpha value is -2.63. The van der Waals surface area contributed by atoms with Crippen molar-refractivity contribution in [2.24, 2.45) is 5.10 Å². The fourth-order valence-corrected chi connectivity index (χ4v) is 3.00. The highest BCUT2D eigenvalue weighted by atomic mass is 79.9. The Morgan fingerprint density at radius 3 is 2.67 bits per heavy atom. The van der Waals surface area contributed by atoms with Crippen molar-refractivity contribution in [3.05, 3.63) is 99.0 Å². The summed E-state index contributed by atoms with van der Waals surface area (Å²) in [5.74, 6) is 0.131. The third-order valence-electron chi connectivity index (χ3n) is 3.69. The van der Waals surface area contributed by atoms with Crippen LogP contribution in [0.1, 0.15) is 21.5 Å². The molecule has 0 heterocycles. The minimum atomic E-state index is -0.358. The molecule has 0 radical (unpaired) electrons. The van der Waals surface area contributed by atoms with Gasteiger partial charge in [-0.25, -0.2) is 5.43 Å². The van der Waals surface area contributed by atoms with Crippen LogP contribution in [-0.4, -0.2) is 12.1 Å². The van der Waals surface area contributed by atoms with Gasteiger partial charge < -0.3 is 4.74 Å². The molecule has 0 spiro atoms. The van der Waals surface area contributed by atoms with Crippen molar-refractivity contribution in [2.75, 3.05) is 0 Å². The van der Waals surface area contributed by atoms with Gasteiger partial charge in [0, 0.05) is 15.1 Å². The van der Waals surface area contributed by atoms with Gasteiger partial charge in [0.05, 0.1) is 11.8 Å². The van der Waals surface area contributed by atoms with Gasteiger partial charge in [0.2, 0.25) is 0 Å². The molecule has 27 heavy (non-hydrogen) atoms. The Kier molecular flexibility index (Phi) is 6.63. The molecular weight excluding hydrogens is 428 g/mol. The molecule has 6 heteroatoms. The second-order valence-electron chi connectivity index (χ2n) is 5.64. The number of hydrazone groups is 1. The molecule has 0 saturated heterocycles. The number of amides is 1. The summed E-state index contributed by atoms with van der Waals surface area (Å²) in [6, 6.07) is 22.1. The predicted octanol–water partition coefficient (Wildman–Crippen LogP) is 5.45. The monoisotopic (exact) mass is 442 g/mol. The third-order valence-corrected chi connectivity index (χ3v) is 4.53. The number of ether oxygens (including phenoxy) is 1. The largest absolute Gasteiger partial charge is 0.488 e. The lowest BCUT2D eigenvalue weighted by atomic mass is 10.2. The summed E-state index contributed by atoms with van der Waals surface area (Å²) < 4.78 is 6.80. The van der Waals surface area contributed by atoms with E-state index in [0.29, 0.717) is 22.9 Å². The first-order valence-electron chi connectivity index (χ1n) is 8.17. The Morgan fingerprint density at radius 2 is 1.85 bits per heavy atom. The molecule has 0 aliphatic heterocycles. The molecule has 136 valence electrons. The van der Waals surface area contributed by atoms with E-state index in [4.69, 9.17) is 16.3 Å². The van der Waals surface area contributed by atoms with Crippen LogP contribution in [0.15, 0.2) is 82.4 Å². The van der Waals surface area contributed by atoms with Crippen LogP contribution in [0.2, 0.25) is 5.02 Å². The maximum atomic E-state index is 12.5. The molecule has 1 N–H and O–H groups in total. The first-order chi connectivity index (χ1) is 13.1. The Balaban J connectivity index is 1.67. The number of nitrogens with one attached hydrogen (secondary N) is 1. The number of hydrogen-bond acceptors (Lipinski definition) is 3. The van der Waals surface area contributed by atoms with Crippen molar-refractivity contribution in [1.29, 1.82) is 0 Å². The van der Waals surface area contributed by atoms with E-state index in [-0.39, 0.29) is 5.91 Å². The molecule has 0 aliphatic rings. The quantitative estimate of drug-likeness (QED) is 0.407. The van der Waals surface area contributed by atoms with Gasteiger partial charge in [0.1, 0.15) is 12.4 Å². The van der Waals surface area contributed by atoms with Crippen LogP contribution in [-0.2, 0) is 6.61 Å². The van der Waals surface area contributed by atoms with Gasteiger partial charge in [-0.2, -0.15) is 5.10 Å². The average Bonchev–Trinajstić information content (AvgIpc) is 2.68. The summed E-state index contributed by atoms with van der Waals surface area (Å²) >= 11 is 9.50. The number of nitrogens with zero attached hydrogens (tertiary/aromatic N) is 1. The zero-order chi connectivity index (χ0) is 19.1. The number of halogens is 2. The zero-order valence-corrected chi connectivity index (χ0v) is 16.6. The molecule has 3 rings (SSSR count). The SMILES string of the molecule is O=C(N/N=C/c1ccccc1Cl)c1ccccc1OCc1cccc(Br)c1. The van der Waals surface area contributed by atoms with Gasteiger partial charge in [-0.1, -0.05) is 70.0 Å². The van der Waals surface area contributed by atoms with E-state index in [1.165, 1.54) is 6.21 Å². The van der Waals surface area contributed by atoms with E-state index in [1.54, 1.807) is 24.3 Å². The maximum Gasteiger partial charge on any atom is 0.275 e. The van der Waals surface area contributed by atoms with Crippen molar-refractivity contribution in [2.45, 2.75) is 6.61 Å². The van der Waals surface area contributed by atoms with Gasteiger partial charge in [0.25, 0.3) is 5.91 Å². The van der Waals surface area contributed by atoms with Gasteiger partial charge in [-0.3, -0.25) is 4.79 Å². The molecule has 0 bridgehead atoms. The summed E-state index contributed by atoms with van der Waals surface area (Å²) in [6.45, 7) is 0.354. The molecule has 0 aliphatic carbocycles. The highest BCUT2D eigenvalue weighted by Crippen LogP contribution is 2.20. The molecule has 0 fully saturated rings. The van der Waals surface area contributed by atoms with Gasteiger partial charge >= 0.3 is 0 Å². The van der Waals surface area contributed by atoms with Gasteiger partial charge in [-0.15, -0.1) is 0 Å². The lowest BCUT2D eigenvalue weighted by Gasteiger charge is -2.10. The van der Waals surface area contributed by atoms with Crippen LogP contribution in [0.3, 0.4) is 0 Å². The first-order valence-corrected chi connectivity index (χ1v) is 9.35. The maximum absolute atomic E-state index is 12.5. The predicted molar refractivity (Wildman–Crippen MR) is 111 cm³/mol. The summed E-state index contributed by atoms with van der Waals surface area (Å²) in [5, 5.41) is 4.54. The van der Waals surface area contributed by atoms with Crippen molar-refractivity contribution < 1.29 is 9.53 Å². The number of carbonyl (C=O) groups is 1. The lowest BCUT2D eigenvalue weighted by molar-refractivity contribution is 0.0950. The highest BCUT2D eigenvalue weighted by Gasteiger charge is 2.11. The highest BCUT2D eigenvalue weighted by molar-refractivity contribution is 9.10. The van der Waals surface area contributed by atoms with Crippen LogP contribution in [0.4, 0.5) is 0 Å². The second-order valence-corrected chi connectivity index (χ2v) is 6.96. The molecule has 0 aromatic heterocycles. The smallest absolute Gasteiger partial charge is 0.275 e. The summed E-state index contributed by atoms with van der Waals surface area (Å²) in [5.41, 5.74) is 4.63. The summed E-state index contributed by atoms with van der Waals surface area (Å²) in [7, 11) is 0. The standard InChI is InChI=1S/C21H16BrClN2O2/c22-17-8-5-6-15(12-17)14-27-20-11-4-2-9-18(20)21(26)25-24-13-16-7-1-3-10-19(16)23/h1-13H,14H2,(H,25,26)/b24-13+. The molecule has 3 aromatic carbocycles. The molecule has 0 unspecified atom stereocenters. The first kappa shape index (κ1) is 19.1. The zero-order valence-electron chi connectivity index (χ0n) is 14.2. The normalized spacial score (nSPS) is 10.7. The second kappa shape index (κ2) is 9.35. The van der Waals surface area contributed by atoms with Crippen molar-refractivity contribution in [3.8, 4) is 5.75 Å². The van der Waals surface area contributed by atoms with Crippen molar-refractivity contribution >= 4 is 39.7 Å². The summed E-state index contributed by atoms with van der Waals surface area (Å²) in [4.78, 5) is 12.5. The Labute approximate surface area is 171 Å². The van der Waals surface area contributed by atoms with Gasteiger partial charge in [0.15, 0.2) is 0 Å². The van der Waals surface area contributed by atoms with Crippen LogP contribution < -0.4 is 10.2 Å². The van der Waals surface area contributed by atoms with E-state index >= 15 is 0 Å². The Morgan fingerprint density at radius 1 is 1.07 bits per heavy atom. The number of para-hydroxylation sites is 1. The molecule has 0 saturated carbocycles. The van der Waals surface area contributed by atoms with Crippen LogP contribution >= 0.6 is 27.5 Å². The van der Waals surface area contributed by atoms with Crippen LogP contribution in [0.25, 0.3) is 0 Å². The lowest BCUT2D eigenvalue weighted by Crippen LogP contribution is -2.18. The van der Waals surface area contributed by atoms with Crippen LogP contribution in [0, 0.1) is 0 Å². The van der Waals surface area contributed by atoms with E-state index in [1.807, 2.05) is 48.5 Å². The van der Waals surface area contributed by atoms with E-state index in [0.717, 1.165) is 15.6 Å². The minimum Gasteiger partial charge on any atom is -0.488 e. The molecular formula is C21H16BrClN2O2. The molecule has 3 aromatic rings. The number of benzene rings is 3. The van der Waals surface area contributed by atoms with E-state index in [9.17, 15) is 4.79 Å². The third kappa shape index (κ3) is 5.42. The topological polar surface area (TPSA) is 50.7 Å². The van der Waals surface area contributed by atoms with E-state index in [2.05, 4.69) is 26.5 Å². The van der Waals surface area contributed by atoms with Crippen molar-refractivity contribution in [3.63, 3.8) is 0 Å². The number of carbonyl (C=O) groups excluding carboxylic acids is 1. The summed E-state index contributed by atoms with van der Waals surface area (Å²) in [6.07, 6.45) is 1.51. The average molecular weight is 444 g/mol. The van der Waals surface area contributed by atoms with Gasteiger partial charge in [-0.05, 0) is 35.9 Å². The molecule has 1 amide bonds. The molecule has 4 nitrogen and oxygen atoms in total. The number of hydrogen-bond donors (Lipinski definition) is 1. The number of rotatable bonds is 6.